The first-order valence-electron chi connectivity index (χ1n) is 10.3. The number of hydrogen-bond donors (Lipinski definition) is 0. The lowest BCUT2D eigenvalue weighted by molar-refractivity contribution is -0.137. The fourth-order valence-corrected chi connectivity index (χ4v) is 5.32. The summed E-state index contributed by atoms with van der Waals surface area (Å²) in [7, 11) is -4.05. The van der Waals surface area contributed by atoms with E-state index in [2.05, 4.69) is 20.9 Å². The van der Waals surface area contributed by atoms with Crippen LogP contribution in [0.1, 0.15) is 16.7 Å². The molecule has 0 bridgehead atoms. The van der Waals surface area contributed by atoms with Crippen molar-refractivity contribution < 1.29 is 26.4 Å². The standard InChI is InChI=1S/C25H18BrF3N2O3S/c26-21-5-7-22(8-6-21)35(33,34)31-15-19(13-17-9-11-30-12-10-17)24(32)20(16-31)14-18-3-1-2-4-23(18)25(27,28)29/h1-14H,15-16H2/b19-13+,20-14+. The number of aromatic nitrogens is 1. The molecule has 2 aromatic carbocycles. The van der Waals surface area contributed by atoms with Crippen LogP contribution in [0.15, 0.2) is 93.6 Å². The van der Waals surface area contributed by atoms with E-state index in [0.717, 1.165) is 16.4 Å². The summed E-state index contributed by atoms with van der Waals surface area (Å²) < 4.78 is 69.2. The fraction of sp³-hybridized carbons (Fsp3) is 0.120. The van der Waals surface area contributed by atoms with Crippen LogP contribution in [0.4, 0.5) is 13.2 Å². The Bertz CT molecular complexity index is 1420. The second-order valence-corrected chi connectivity index (χ2v) is 10.6. The van der Waals surface area contributed by atoms with Gasteiger partial charge in [0.05, 0.1) is 10.5 Å². The molecule has 3 aromatic rings. The molecule has 0 atom stereocenters. The SMILES string of the molecule is O=C1/C(=C/c2ccncc2)CN(S(=O)(=O)c2ccc(Br)cc2)C/C1=C\c1ccccc1C(F)(F)F. The number of pyridine rings is 1. The Hall–Kier alpha value is -3.08. The molecule has 0 spiro atoms. The van der Waals surface area contributed by atoms with Gasteiger partial charge in [-0.25, -0.2) is 8.42 Å². The van der Waals surface area contributed by atoms with Crippen molar-refractivity contribution in [2.75, 3.05) is 13.1 Å². The summed E-state index contributed by atoms with van der Waals surface area (Å²) in [5, 5.41) is 0. The van der Waals surface area contributed by atoms with Crippen molar-refractivity contribution in [1.82, 2.24) is 9.29 Å². The number of alkyl halides is 3. The summed E-state index contributed by atoms with van der Waals surface area (Å²) in [6.45, 7) is -0.588. The van der Waals surface area contributed by atoms with Crippen molar-refractivity contribution in [3.8, 4) is 0 Å². The molecule has 1 saturated heterocycles. The minimum Gasteiger partial charge on any atom is -0.289 e. The smallest absolute Gasteiger partial charge is 0.289 e. The predicted molar refractivity (Wildman–Crippen MR) is 130 cm³/mol. The van der Waals surface area contributed by atoms with Gasteiger partial charge in [0.25, 0.3) is 0 Å². The topological polar surface area (TPSA) is 67.3 Å². The average Bonchev–Trinajstić information content (AvgIpc) is 2.82. The Morgan fingerprint density at radius 3 is 2.11 bits per heavy atom. The third kappa shape index (κ3) is 5.61. The lowest BCUT2D eigenvalue weighted by Gasteiger charge is -2.29. The van der Waals surface area contributed by atoms with E-state index in [1.165, 1.54) is 48.8 Å². The number of sulfonamides is 1. The van der Waals surface area contributed by atoms with Crippen molar-refractivity contribution in [2.24, 2.45) is 0 Å². The van der Waals surface area contributed by atoms with Gasteiger partial charge in [0.15, 0.2) is 5.78 Å². The van der Waals surface area contributed by atoms with Crippen LogP contribution >= 0.6 is 15.9 Å². The number of Topliss-reactive ketones (excluding diaryl/α,β-unsaturated/α-hetero) is 1. The molecule has 0 amide bonds. The van der Waals surface area contributed by atoms with Gasteiger partial charge in [0.2, 0.25) is 10.0 Å². The maximum atomic E-state index is 13.5. The zero-order valence-electron chi connectivity index (χ0n) is 18.0. The summed E-state index contributed by atoms with van der Waals surface area (Å²) in [6.07, 6.45) is 1.05. The van der Waals surface area contributed by atoms with Crippen molar-refractivity contribution >= 4 is 43.9 Å². The number of rotatable bonds is 4. The quantitative estimate of drug-likeness (QED) is 0.388. The maximum Gasteiger partial charge on any atom is 0.416 e. The number of carbonyl (C=O) groups is 1. The van der Waals surface area contributed by atoms with Crippen LogP contribution < -0.4 is 0 Å². The zero-order valence-corrected chi connectivity index (χ0v) is 20.4. The minimum atomic E-state index is -4.63. The normalized spacial score (nSPS) is 17.8. The molecule has 1 fully saturated rings. The minimum absolute atomic E-state index is 0.00773. The molecular formula is C25H18BrF3N2O3S. The Balaban J connectivity index is 1.82. The monoisotopic (exact) mass is 562 g/mol. The van der Waals surface area contributed by atoms with Crippen molar-refractivity contribution in [2.45, 2.75) is 11.1 Å². The van der Waals surface area contributed by atoms with Gasteiger partial charge >= 0.3 is 6.18 Å². The summed E-state index contributed by atoms with van der Waals surface area (Å²) in [6, 6.07) is 14.1. The second kappa shape index (κ2) is 9.88. The molecule has 0 aliphatic carbocycles. The lowest BCUT2D eigenvalue weighted by Crippen LogP contribution is -2.41. The Labute approximate surface area is 208 Å². The Morgan fingerprint density at radius 1 is 0.886 bits per heavy atom. The molecular weight excluding hydrogens is 545 g/mol. The highest BCUT2D eigenvalue weighted by molar-refractivity contribution is 9.10. The van der Waals surface area contributed by atoms with Crippen LogP contribution in [0.25, 0.3) is 12.2 Å². The highest BCUT2D eigenvalue weighted by atomic mass is 79.9. The third-order valence-corrected chi connectivity index (χ3v) is 7.71. The van der Waals surface area contributed by atoms with Gasteiger partial charge in [-0.15, -0.1) is 0 Å². The predicted octanol–water partition coefficient (Wildman–Crippen LogP) is 5.60. The van der Waals surface area contributed by atoms with E-state index in [9.17, 15) is 26.4 Å². The van der Waals surface area contributed by atoms with E-state index in [0.29, 0.717) is 10.0 Å². The Morgan fingerprint density at radius 2 is 1.49 bits per heavy atom. The molecule has 0 unspecified atom stereocenters. The summed E-state index contributed by atoms with van der Waals surface area (Å²) in [4.78, 5) is 17.2. The summed E-state index contributed by atoms with van der Waals surface area (Å²) in [5.74, 6) is -0.513. The van der Waals surface area contributed by atoms with Gasteiger partial charge in [-0.1, -0.05) is 34.1 Å². The van der Waals surface area contributed by atoms with Gasteiger partial charge in [-0.3, -0.25) is 9.78 Å². The molecule has 0 N–H and O–H groups in total. The molecule has 4 rings (SSSR count). The van der Waals surface area contributed by atoms with Gasteiger partial charge in [0.1, 0.15) is 0 Å². The first-order chi connectivity index (χ1) is 16.6. The van der Waals surface area contributed by atoms with Gasteiger partial charge in [0, 0.05) is 41.1 Å². The second-order valence-electron chi connectivity index (χ2n) is 7.76. The van der Waals surface area contributed by atoms with Crippen LogP contribution in [0.2, 0.25) is 0 Å². The number of halogens is 4. The average molecular weight is 563 g/mol. The van der Waals surface area contributed by atoms with E-state index in [-0.39, 0.29) is 34.7 Å². The highest BCUT2D eigenvalue weighted by Gasteiger charge is 2.36. The van der Waals surface area contributed by atoms with Gasteiger partial charge in [-0.2, -0.15) is 17.5 Å². The van der Waals surface area contributed by atoms with Crippen molar-refractivity contribution in [1.29, 1.82) is 0 Å². The number of carbonyl (C=O) groups excluding carboxylic acids is 1. The first kappa shape index (κ1) is 25.0. The van der Waals surface area contributed by atoms with Crippen LogP contribution in [-0.2, 0) is 21.0 Å². The molecule has 0 saturated carbocycles. The number of ketones is 1. The number of benzene rings is 2. The lowest BCUT2D eigenvalue weighted by atomic mass is 9.94. The molecule has 180 valence electrons. The van der Waals surface area contributed by atoms with E-state index in [1.807, 2.05) is 0 Å². The van der Waals surface area contributed by atoms with E-state index in [1.54, 1.807) is 24.3 Å². The molecule has 10 heteroatoms. The first-order valence-corrected chi connectivity index (χ1v) is 12.6. The molecule has 1 aliphatic rings. The van der Waals surface area contributed by atoms with Crippen LogP contribution in [0.5, 0.6) is 0 Å². The number of hydrogen-bond acceptors (Lipinski definition) is 4. The zero-order chi connectivity index (χ0) is 25.2. The van der Waals surface area contributed by atoms with Crippen LogP contribution in [-0.4, -0.2) is 36.6 Å². The van der Waals surface area contributed by atoms with E-state index in [4.69, 9.17) is 0 Å². The highest BCUT2D eigenvalue weighted by Crippen LogP contribution is 2.34. The number of piperidine rings is 1. The fourth-order valence-electron chi connectivity index (χ4n) is 3.66. The molecule has 35 heavy (non-hydrogen) atoms. The van der Waals surface area contributed by atoms with Crippen molar-refractivity contribution in [3.05, 3.63) is 105 Å². The largest absolute Gasteiger partial charge is 0.416 e. The Kier molecular flexibility index (Phi) is 7.07. The van der Waals surface area contributed by atoms with E-state index >= 15 is 0 Å². The van der Waals surface area contributed by atoms with E-state index < -0.39 is 27.5 Å². The molecule has 5 nitrogen and oxygen atoms in total. The maximum absolute atomic E-state index is 13.5. The van der Waals surface area contributed by atoms with Crippen LogP contribution in [0, 0.1) is 0 Å². The third-order valence-electron chi connectivity index (χ3n) is 5.37. The molecule has 2 heterocycles. The summed E-state index contributed by atoms with van der Waals surface area (Å²) >= 11 is 3.26. The summed E-state index contributed by atoms with van der Waals surface area (Å²) in [5.41, 5.74) is -0.434. The number of nitrogens with zero attached hydrogens (tertiary/aromatic N) is 2. The van der Waals surface area contributed by atoms with Crippen molar-refractivity contribution in [3.63, 3.8) is 0 Å². The molecule has 1 aromatic heterocycles. The molecule has 1 aliphatic heterocycles. The van der Waals surface area contributed by atoms with Crippen LogP contribution in [0.3, 0.4) is 0 Å². The van der Waals surface area contributed by atoms with Gasteiger partial charge < -0.3 is 0 Å². The molecule has 0 radical (unpaired) electrons. The van der Waals surface area contributed by atoms with Gasteiger partial charge in [-0.05, 0) is 65.7 Å².